The summed E-state index contributed by atoms with van der Waals surface area (Å²) in [6, 6.07) is 7.77. The first-order chi connectivity index (χ1) is 14.4. The van der Waals surface area contributed by atoms with Gasteiger partial charge in [0.1, 0.15) is 17.4 Å². The summed E-state index contributed by atoms with van der Waals surface area (Å²) in [6.07, 6.45) is 3.61. The zero-order valence-corrected chi connectivity index (χ0v) is 18.8. The minimum absolute atomic E-state index is 0.105. The normalized spacial score (nSPS) is 19.7. The van der Waals surface area contributed by atoms with Gasteiger partial charge >= 0.3 is 0 Å². The van der Waals surface area contributed by atoms with Crippen LogP contribution >= 0.6 is 0 Å². The molecule has 0 saturated carbocycles. The van der Waals surface area contributed by atoms with Gasteiger partial charge in [-0.25, -0.2) is 18.4 Å². The van der Waals surface area contributed by atoms with Crippen molar-refractivity contribution < 1.29 is 13.2 Å². The van der Waals surface area contributed by atoms with Gasteiger partial charge in [-0.15, -0.1) is 0 Å². The highest BCUT2D eigenvalue weighted by atomic mass is 32.2. The molecule has 1 unspecified atom stereocenters. The molecule has 1 aromatic heterocycles. The van der Waals surface area contributed by atoms with E-state index in [1.54, 1.807) is 18.3 Å². The Morgan fingerprint density at radius 3 is 2.73 bits per heavy atom. The molecule has 4 rings (SSSR count). The molecule has 3 heterocycles. The maximum absolute atomic E-state index is 12.6. The first-order valence-corrected chi connectivity index (χ1v) is 12.3. The van der Waals surface area contributed by atoms with Gasteiger partial charge in [0.15, 0.2) is 0 Å². The predicted molar refractivity (Wildman–Crippen MR) is 117 cm³/mol. The summed E-state index contributed by atoms with van der Waals surface area (Å²) in [5, 5.41) is 0. The number of para-hydroxylation sites is 1. The Bertz CT molecular complexity index is 1030. The highest BCUT2D eigenvalue weighted by Crippen LogP contribution is 2.36. The lowest BCUT2D eigenvalue weighted by Crippen LogP contribution is -2.35. The third kappa shape index (κ3) is 3.90. The van der Waals surface area contributed by atoms with E-state index in [4.69, 9.17) is 14.7 Å². The van der Waals surface area contributed by atoms with Crippen LogP contribution in [-0.2, 0) is 23.0 Å². The Morgan fingerprint density at radius 2 is 1.97 bits per heavy atom. The van der Waals surface area contributed by atoms with E-state index < -0.39 is 10.0 Å². The molecule has 2 aliphatic rings. The minimum Gasteiger partial charge on any atom is -0.496 e. The Kier molecular flexibility index (Phi) is 5.97. The van der Waals surface area contributed by atoms with Crippen LogP contribution in [0.3, 0.4) is 0 Å². The number of nitrogens with zero attached hydrogens (tertiary/aromatic N) is 4. The molecular formula is C22H30N4O3S. The standard InChI is InChI=1S/C22H30N4O3S/c1-4-30(27,28)26-14-8-11-19(26)21-23-16(2)18-10-7-13-25(22(18)24-21)15-17-9-5-6-12-20(17)29-3/h5-6,9,12,19H,4,7-8,10-11,13-15H2,1-3H3. The molecule has 1 saturated heterocycles. The number of methoxy groups -OCH3 is 1. The lowest BCUT2D eigenvalue weighted by molar-refractivity contribution is 0.382. The molecule has 0 amide bonds. The van der Waals surface area contributed by atoms with Crippen molar-refractivity contribution in [3.8, 4) is 5.75 Å². The number of benzene rings is 1. The van der Waals surface area contributed by atoms with Gasteiger partial charge in [-0.05, 0) is 45.6 Å². The highest BCUT2D eigenvalue weighted by Gasteiger charge is 2.37. The van der Waals surface area contributed by atoms with E-state index in [1.807, 2.05) is 25.1 Å². The molecule has 1 fully saturated rings. The summed E-state index contributed by atoms with van der Waals surface area (Å²) in [7, 11) is -1.59. The fourth-order valence-electron chi connectivity index (χ4n) is 4.55. The Balaban J connectivity index is 1.71. The molecule has 1 atom stereocenters. The number of sulfonamides is 1. The van der Waals surface area contributed by atoms with E-state index in [1.165, 1.54) is 5.56 Å². The van der Waals surface area contributed by atoms with Crippen LogP contribution in [0.2, 0.25) is 0 Å². The van der Waals surface area contributed by atoms with Crippen molar-refractivity contribution >= 4 is 15.8 Å². The van der Waals surface area contributed by atoms with Gasteiger partial charge in [0.25, 0.3) is 0 Å². The molecule has 0 aliphatic carbocycles. The lowest BCUT2D eigenvalue weighted by atomic mass is 10.0. The summed E-state index contributed by atoms with van der Waals surface area (Å²) >= 11 is 0. The van der Waals surface area contributed by atoms with Crippen LogP contribution in [0.1, 0.15) is 54.9 Å². The van der Waals surface area contributed by atoms with Crippen LogP contribution in [0.15, 0.2) is 24.3 Å². The molecule has 162 valence electrons. The van der Waals surface area contributed by atoms with Crippen molar-refractivity contribution in [2.45, 2.75) is 52.1 Å². The van der Waals surface area contributed by atoms with Gasteiger partial charge in [0.05, 0.1) is 18.9 Å². The zero-order chi connectivity index (χ0) is 21.3. The fraction of sp³-hybridized carbons (Fsp3) is 0.545. The van der Waals surface area contributed by atoms with Gasteiger partial charge in [0, 0.05) is 36.5 Å². The molecule has 30 heavy (non-hydrogen) atoms. The van der Waals surface area contributed by atoms with Crippen molar-refractivity contribution in [3.63, 3.8) is 0 Å². The molecule has 7 nitrogen and oxygen atoms in total. The summed E-state index contributed by atoms with van der Waals surface area (Å²) < 4.78 is 32.3. The summed E-state index contributed by atoms with van der Waals surface area (Å²) in [5.74, 6) is 2.54. The van der Waals surface area contributed by atoms with Gasteiger partial charge in [-0.2, -0.15) is 4.31 Å². The maximum Gasteiger partial charge on any atom is 0.214 e. The Labute approximate surface area is 179 Å². The van der Waals surface area contributed by atoms with Crippen molar-refractivity contribution in [2.75, 3.05) is 30.9 Å². The van der Waals surface area contributed by atoms with Crippen LogP contribution in [0.5, 0.6) is 5.75 Å². The molecule has 2 aliphatic heterocycles. The van der Waals surface area contributed by atoms with Crippen LogP contribution < -0.4 is 9.64 Å². The van der Waals surface area contributed by atoms with Crippen molar-refractivity contribution in [1.29, 1.82) is 0 Å². The topological polar surface area (TPSA) is 75.6 Å². The third-order valence-electron chi connectivity index (χ3n) is 6.14. The monoisotopic (exact) mass is 430 g/mol. The molecule has 2 aromatic rings. The maximum atomic E-state index is 12.6. The average molecular weight is 431 g/mol. The summed E-state index contributed by atoms with van der Waals surface area (Å²) in [6.45, 7) is 5.87. The summed E-state index contributed by atoms with van der Waals surface area (Å²) in [5.41, 5.74) is 3.24. The molecular weight excluding hydrogens is 400 g/mol. The average Bonchev–Trinajstić information content (AvgIpc) is 3.25. The lowest BCUT2D eigenvalue weighted by Gasteiger charge is -2.32. The van der Waals surface area contributed by atoms with E-state index in [2.05, 4.69) is 11.0 Å². The van der Waals surface area contributed by atoms with Crippen LogP contribution in [0, 0.1) is 6.92 Å². The predicted octanol–water partition coefficient (Wildman–Crippen LogP) is 3.23. The number of hydrogen-bond donors (Lipinski definition) is 0. The van der Waals surface area contributed by atoms with E-state index in [-0.39, 0.29) is 11.8 Å². The number of hydrogen-bond acceptors (Lipinski definition) is 6. The quantitative estimate of drug-likeness (QED) is 0.700. The number of aryl methyl sites for hydroxylation is 1. The number of ether oxygens (including phenoxy) is 1. The zero-order valence-electron chi connectivity index (χ0n) is 18.0. The van der Waals surface area contributed by atoms with Gasteiger partial charge in [-0.3, -0.25) is 0 Å². The van der Waals surface area contributed by atoms with Gasteiger partial charge < -0.3 is 9.64 Å². The number of aromatic nitrogens is 2. The van der Waals surface area contributed by atoms with Crippen molar-refractivity contribution in [3.05, 3.63) is 46.9 Å². The van der Waals surface area contributed by atoms with E-state index in [0.717, 1.165) is 55.1 Å². The first-order valence-electron chi connectivity index (χ1n) is 10.7. The second kappa shape index (κ2) is 8.51. The van der Waals surface area contributed by atoms with Gasteiger partial charge in [-0.1, -0.05) is 18.2 Å². The number of anilines is 1. The van der Waals surface area contributed by atoms with E-state index in [9.17, 15) is 8.42 Å². The smallest absolute Gasteiger partial charge is 0.214 e. The minimum atomic E-state index is -3.28. The molecule has 8 heteroatoms. The SMILES string of the molecule is CCS(=O)(=O)N1CCCC1c1nc(C)c2c(n1)N(Cc1ccccc1OC)CCC2. The Hall–Kier alpha value is -2.19. The van der Waals surface area contributed by atoms with Crippen LogP contribution in [0.25, 0.3) is 0 Å². The third-order valence-corrected chi connectivity index (χ3v) is 8.02. The Morgan fingerprint density at radius 1 is 1.17 bits per heavy atom. The fourth-order valence-corrected chi connectivity index (χ4v) is 5.87. The highest BCUT2D eigenvalue weighted by molar-refractivity contribution is 7.89. The van der Waals surface area contributed by atoms with E-state index >= 15 is 0 Å². The number of rotatable bonds is 6. The van der Waals surface area contributed by atoms with Crippen LogP contribution in [-0.4, -0.2) is 48.6 Å². The molecule has 0 radical (unpaired) electrons. The second-order valence-corrected chi connectivity index (χ2v) is 10.2. The van der Waals surface area contributed by atoms with Crippen LogP contribution in [0.4, 0.5) is 5.82 Å². The summed E-state index contributed by atoms with van der Waals surface area (Å²) in [4.78, 5) is 12.0. The van der Waals surface area contributed by atoms with Crippen molar-refractivity contribution in [1.82, 2.24) is 14.3 Å². The van der Waals surface area contributed by atoms with Crippen molar-refractivity contribution in [2.24, 2.45) is 0 Å². The molecule has 0 spiro atoms. The van der Waals surface area contributed by atoms with E-state index in [0.29, 0.717) is 18.9 Å². The second-order valence-electron chi connectivity index (χ2n) is 7.98. The molecule has 0 bridgehead atoms. The first kappa shape index (κ1) is 21.1. The number of fused-ring (bicyclic) bond motifs is 1. The largest absolute Gasteiger partial charge is 0.496 e. The molecule has 0 N–H and O–H groups in total. The molecule has 1 aromatic carbocycles. The van der Waals surface area contributed by atoms with Gasteiger partial charge in [0.2, 0.25) is 10.0 Å².